The SMILES string of the molecule is Cc1ccc2nc(CCNC(=O)CC3CCCOC3)[nH]c2c1. The molecule has 2 aromatic rings. The van der Waals surface area contributed by atoms with Crippen molar-refractivity contribution in [2.45, 2.75) is 32.6 Å². The van der Waals surface area contributed by atoms with Crippen LogP contribution in [-0.2, 0) is 16.0 Å². The van der Waals surface area contributed by atoms with Gasteiger partial charge in [0.1, 0.15) is 5.82 Å². The van der Waals surface area contributed by atoms with Crippen molar-refractivity contribution in [1.29, 1.82) is 0 Å². The number of ether oxygens (including phenoxy) is 1. The van der Waals surface area contributed by atoms with Crippen molar-refractivity contribution in [3.8, 4) is 0 Å². The normalized spacial score (nSPS) is 18.5. The predicted octanol–water partition coefficient (Wildman–Crippen LogP) is 2.35. The van der Waals surface area contributed by atoms with Gasteiger partial charge in [0.25, 0.3) is 0 Å². The quantitative estimate of drug-likeness (QED) is 0.891. The number of rotatable bonds is 5. The molecule has 1 aliphatic heterocycles. The van der Waals surface area contributed by atoms with E-state index in [1.807, 2.05) is 6.07 Å². The van der Waals surface area contributed by atoms with E-state index in [1.165, 1.54) is 5.56 Å². The molecule has 1 aromatic heterocycles. The molecule has 3 rings (SSSR count). The van der Waals surface area contributed by atoms with Gasteiger partial charge in [0.15, 0.2) is 0 Å². The Balaban J connectivity index is 1.46. The third-order valence-corrected chi connectivity index (χ3v) is 4.10. The van der Waals surface area contributed by atoms with Crippen LogP contribution in [0.4, 0.5) is 0 Å². The molecule has 1 atom stereocenters. The Morgan fingerprint density at radius 1 is 1.50 bits per heavy atom. The number of carbonyl (C=O) groups is 1. The van der Waals surface area contributed by atoms with E-state index < -0.39 is 0 Å². The van der Waals surface area contributed by atoms with Gasteiger partial charge in [-0.3, -0.25) is 4.79 Å². The van der Waals surface area contributed by atoms with Gasteiger partial charge in [0.2, 0.25) is 5.91 Å². The summed E-state index contributed by atoms with van der Waals surface area (Å²) in [4.78, 5) is 19.8. The minimum absolute atomic E-state index is 0.113. The maximum Gasteiger partial charge on any atom is 0.220 e. The average molecular weight is 301 g/mol. The zero-order valence-corrected chi connectivity index (χ0v) is 13.0. The molecule has 1 aromatic carbocycles. The summed E-state index contributed by atoms with van der Waals surface area (Å²) in [5, 5.41) is 2.98. The number of imidazole rings is 1. The number of hydrogen-bond donors (Lipinski definition) is 2. The largest absolute Gasteiger partial charge is 0.381 e. The minimum atomic E-state index is 0.113. The molecule has 5 nitrogen and oxygen atoms in total. The number of amides is 1. The molecule has 0 saturated carbocycles. The first-order valence-electron chi connectivity index (χ1n) is 8.00. The number of benzene rings is 1. The third kappa shape index (κ3) is 3.85. The predicted molar refractivity (Wildman–Crippen MR) is 85.7 cm³/mol. The first kappa shape index (κ1) is 15.0. The van der Waals surface area contributed by atoms with Crippen LogP contribution in [0.25, 0.3) is 11.0 Å². The van der Waals surface area contributed by atoms with Crippen molar-refractivity contribution in [3.63, 3.8) is 0 Å². The molecule has 1 amide bonds. The van der Waals surface area contributed by atoms with Gasteiger partial charge in [-0.2, -0.15) is 0 Å². The van der Waals surface area contributed by atoms with Crippen molar-refractivity contribution in [2.24, 2.45) is 5.92 Å². The second kappa shape index (κ2) is 6.92. The second-order valence-electron chi connectivity index (χ2n) is 6.09. The highest BCUT2D eigenvalue weighted by Gasteiger charge is 2.17. The van der Waals surface area contributed by atoms with Crippen molar-refractivity contribution < 1.29 is 9.53 Å². The van der Waals surface area contributed by atoms with Gasteiger partial charge in [0.05, 0.1) is 11.0 Å². The van der Waals surface area contributed by atoms with Gasteiger partial charge < -0.3 is 15.0 Å². The number of aromatic amines is 1. The van der Waals surface area contributed by atoms with Gasteiger partial charge in [-0.1, -0.05) is 6.07 Å². The molecule has 1 saturated heterocycles. The van der Waals surface area contributed by atoms with E-state index in [4.69, 9.17) is 4.74 Å². The van der Waals surface area contributed by atoms with E-state index in [-0.39, 0.29) is 5.91 Å². The maximum atomic E-state index is 11.9. The zero-order valence-electron chi connectivity index (χ0n) is 13.0. The molecular weight excluding hydrogens is 278 g/mol. The number of aromatic nitrogens is 2. The Hall–Kier alpha value is -1.88. The van der Waals surface area contributed by atoms with E-state index in [9.17, 15) is 4.79 Å². The summed E-state index contributed by atoms with van der Waals surface area (Å²) in [7, 11) is 0. The minimum Gasteiger partial charge on any atom is -0.381 e. The van der Waals surface area contributed by atoms with Crippen LogP contribution >= 0.6 is 0 Å². The molecule has 2 heterocycles. The Kier molecular flexibility index (Phi) is 4.73. The summed E-state index contributed by atoms with van der Waals surface area (Å²) in [6, 6.07) is 6.17. The first-order valence-corrected chi connectivity index (χ1v) is 8.00. The number of nitrogens with one attached hydrogen (secondary N) is 2. The fourth-order valence-corrected chi connectivity index (χ4v) is 2.92. The molecule has 0 bridgehead atoms. The maximum absolute atomic E-state index is 11.9. The van der Waals surface area contributed by atoms with Crippen LogP contribution in [0.3, 0.4) is 0 Å². The lowest BCUT2D eigenvalue weighted by Crippen LogP contribution is -2.30. The Morgan fingerprint density at radius 2 is 2.41 bits per heavy atom. The Morgan fingerprint density at radius 3 is 3.23 bits per heavy atom. The fourth-order valence-electron chi connectivity index (χ4n) is 2.92. The van der Waals surface area contributed by atoms with Crippen molar-refractivity contribution in [2.75, 3.05) is 19.8 Å². The van der Waals surface area contributed by atoms with E-state index in [2.05, 4.69) is 34.3 Å². The van der Waals surface area contributed by atoms with Crippen molar-refractivity contribution in [1.82, 2.24) is 15.3 Å². The number of aryl methyl sites for hydroxylation is 1. The lowest BCUT2D eigenvalue weighted by Gasteiger charge is -2.21. The lowest BCUT2D eigenvalue weighted by atomic mass is 9.98. The molecule has 1 fully saturated rings. The smallest absolute Gasteiger partial charge is 0.220 e. The van der Waals surface area contributed by atoms with E-state index >= 15 is 0 Å². The third-order valence-electron chi connectivity index (χ3n) is 4.10. The van der Waals surface area contributed by atoms with Crippen molar-refractivity contribution >= 4 is 16.9 Å². The molecule has 0 aliphatic carbocycles. The van der Waals surface area contributed by atoms with Crippen LogP contribution < -0.4 is 5.32 Å². The highest BCUT2D eigenvalue weighted by Crippen LogP contribution is 2.17. The summed E-state index contributed by atoms with van der Waals surface area (Å²) in [5.41, 5.74) is 3.25. The Labute approximate surface area is 130 Å². The molecule has 1 unspecified atom stereocenters. The highest BCUT2D eigenvalue weighted by molar-refractivity contribution is 5.76. The second-order valence-corrected chi connectivity index (χ2v) is 6.09. The van der Waals surface area contributed by atoms with Gasteiger partial charge in [0, 0.05) is 32.6 Å². The molecule has 2 N–H and O–H groups in total. The van der Waals surface area contributed by atoms with Gasteiger partial charge in [-0.05, 0) is 43.4 Å². The number of hydrogen-bond acceptors (Lipinski definition) is 3. The van der Waals surface area contributed by atoms with E-state index in [0.717, 1.165) is 49.3 Å². The van der Waals surface area contributed by atoms with E-state index in [1.54, 1.807) is 0 Å². The van der Waals surface area contributed by atoms with Crippen LogP contribution in [0.15, 0.2) is 18.2 Å². The van der Waals surface area contributed by atoms with Crippen LogP contribution in [0.5, 0.6) is 0 Å². The molecule has 0 spiro atoms. The van der Waals surface area contributed by atoms with E-state index in [0.29, 0.717) is 18.9 Å². The first-order chi connectivity index (χ1) is 10.7. The van der Waals surface area contributed by atoms with Crippen LogP contribution in [0.2, 0.25) is 0 Å². The van der Waals surface area contributed by atoms with Gasteiger partial charge >= 0.3 is 0 Å². The zero-order chi connectivity index (χ0) is 15.4. The van der Waals surface area contributed by atoms with Gasteiger partial charge in [-0.25, -0.2) is 4.98 Å². The standard InChI is InChI=1S/C17H23N3O2/c1-12-4-5-14-15(9-12)20-16(19-14)6-7-18-17(21)10-13-3-2-8-22-11-13/h4-5,9,13H,2-3,6-8,10-11H2,1H3,(H,18,21)(H,19,20). The van der Waals surface area contributed by atoms with Crippen LogP contribution in [0.1, 0.15) is 30.7 Å². The number of H-pyrrole nitrogens is 1. The summed E-state index contributed by atoms with van der Waals surface area (Å²) in [5.74, 6) is 1.41. The number of fused-ring (bicyclic) bond motifs is 1. The van der Waals surface area contributed by atoms with Crippen LogP contribution in [-0.4, -0.2) is 35.6 Å². The summed E-state index contributed by atoms with van der Waals surface area (Å²) >= 11 is 0. The molecule has 118 valence electrons. The summed E-state index contributed by atoms with van der Waals surface area (Å²) in [6.07, 6.45) is 3.45. The summed E-state index contributed by atoms with van der Waals surface area (Å²) in [6.45, 7) is 4.24. The summed E-state index contributed by atoms with van der Waals surface area (Å²) < 4.78 is 5.41. The molecular formula is C17H23N3O2. The molecule has 1 aliphatic rings. The number of nitrogens with zero attached hydrogens (tertiary/aromatic N) is 1. The molecule has 5 heteroatoms. The number of carbonyl (C=O) groups excluding carboxylic acids is 1. The monoisotopic (exact) mass is 301 g/mol. The molecule has 0 radical (unpaired) electrons. The molecule has 22 heavy (non-hydrogen) atoms. The van der Waals surface area contributed by atoms with Crippen LogP contribution in [0, 0.1) is 12.8 Å². The highest BCUT2D eigenvalue weighted by atomic mass is 16.5. The van der Waals surface area contributed by atoms with Crippen molar-refractivity contribution in [3.05, 3.63) is 29.6 Å². The van der Waals surface area contributed by atoms with Gasteiger partial charge in [-0.15, -0.1) is 0 Å². The fraction of sp³-hybridized carbons (Fsp3) is 0.529. The topological polar surface area (TPSA) is 67.0 Å². The average Bonchev–Trinajstić information content (AvgIpc) is 2.90. The Bertz CT molecular complexity index is 644. The lowest BCUT2D eigenvalue weighted by molar-refractivity contribution is -0.123.